The molecule has 1 aliphatic carbocycles. The van der Waals surface area contributed by atoms with E-state index < -0.39 is 0 Å². The lowest BCUT2D eigenvalue weighted by atomic mass is 9.97. The molecule has 2 aromatic carbocycles. The Kier molecular flexibility index (Phi) is 4.18. The van der Waals surface area contributed by atoms with Crippen molar-refractivity contribution in [2.75, 3.05) is 0 Å². The van der Waals surface area contributed by atoms with Crippen LogP contribution >= 0.6 is 11.8 Å². The third-order valence-electron chi connectivity index (χ3n) is 5.30. The molecular weight excluding hydrogens is 388 g/mol. The van der Waals surface area contributed by atoms with Gasteiger partial charge in [-0.25, -0.2) is 0 Å². The standard InChI is InChI=1S/C21H14N4O3S/c22-10-17-14-3-1-2-4-16(14)20(25-24-17)28-12-6-8-13-11(9-12)5-7-15(13)18-19(26)23-21(27)29-18/h1-4,6,8-9,15,18H,5,7H2,(H,23,26,27)/t15-,18?/m1/s1. The third kappa shape index (κ3) is 3.00. The molecule has 5 rings (SSSR count). The molecule has 1 N–H and O–H groups in total. The van der Waals surface area contributed by atoms with Gasteiger partial charge in [-0.1, -0.05) is 36.0 Å². The fourth-order valence-electron chi connectivity index (χ4n) is 3.99. The summed E-state index contributed by atoms with van der Waals surface area (Å²) in [5.74, 6) is 0.766. The van der Waals surface area contributed by atoms with E-state index in [0.717, 1.165) is 41.1 Å². The number of hydrogen-bond acceptors (Lipinski definition) is 7. The highest BCUT2D eigenvalue weighted by atomic mass is 32.2. The van der Waals surface area contributed by atoms with Crippen LogP contribution < -0.4 is 10.1 Å². The maximum atomic E-state index is 12.1. The lowest BCUT2D eigenvalue weighted by molar-refractivity contribution is -0.119. The van der Waals surface area contributed by atoms with Crippen molar-refractivity contribution in [3.8, 4) is 17.7 Å². The Morgan fingerprint density at radius 1 is 1.14 bits per heavy atom. The quantitative estimate of drug-likeness (QED) is 0.712. The van der Waals surface area contributed by atoms with E-state index in [4.69, 9.17) is 4.74 Å². The minimum atomic E-state index is -0.371. The normalized spacial score (nSPS) is 20.4. The van der Waals surface area contributed by atoms with Crippen molar-refractivity contribution in [1.82, 2.24) is 15.5 Å². The molecule has 142 valence electrons. The first-order chi connectivity index (χ1) is 14.1. The fraction of sp³-hybridized carbons (Fsp3) is 0.190. The van der Waals surface area contributed by atoms with E-state index in [1.54, 1.807) is 0 Å². The van der Waals surface area contributed by atoms with Crippen LogP contribution in [0.5, 0.6) is 11.6 Å². The van der Waals surface area contributed by atoms with Gasteiger partial charge < -0.3 is 4.74 Å². The van der Waals surface area contributed by atoms with Crippen molar-refractivity contribution in [2.45, 2.75) is 24.0 Å². The molecule has 1 saturated heterocycles. The van der Waals surface area contributed by atoms with Crippen molar-refractivity contribution in [3.05, 3.63) is 59.3 Å². The molecule has 1 fully saturated rings. The third-order valence-corrected chi connectivity index (χ3v) is 6.41. The van der Waals surface area contributed by atoms with E-state index in [9.17, 15) is 14.9 Å². The number of hydrogen-bond donors (Lipinski definition) is 1. The number of carbonyl (C=O) groups is 2. The Balaban J connectivity index is 1.45. The number of nitriles is 1. The number of carbonyl (C=O) groups excluding carboxylic acids is 2. The van der Waals surface area contributed by atoms with Gasteiger partial charge in [0.05, 0.1) is 0 Å². The van der Waals surface area contributed by atoms with Gasteiger partial charge in [-0.15, -0.1) is 10.2 Å². The molecule has 2 heterocycles. The second kappa shape index (κ2) is 6.87. The van der Waals surface area contributed by atoms with Crippen molar-refractivity contribution >= 4 is 33.7 Å². The van der Waals surface area contributed by atoms with Gasteiger partial charge in [-0.2, -0.15) is 5.26 Å². The van der Waals surface area contributed by atoms with Gasteiger partial charge >= 0.3 is 0 Å². The Morgan fingerprint density at radius 3 is 2.72 bits per heavy atom. The summed E-state index contributed by atoms with van der Waals surface area (Å²) in [6.45, 7) is 0. The zero-order chi connectivity index (χ0) is 20.0. The zero-order valence-electron chi connectivity index (χ0n) is 15.1. The van der Waals surface area contributed by atoms with Crippen LogP contribution in [0.2, 0.25) is 0 Å². The summed E-state index contributed by atoms with van der Waals surface area (Å²) in [5.41, 5.74) is 2.44. The number of fused-ring (bicyclic) bond motifs is 2. The summed E-state index contributed by atoms with van der Waals surface area (Å²) in [6.07, 6.45) is 1.63. The van der Waals surface area contributed by atoms with Crippen molar-refractivity contribution < 1.29 is 14.3 Å². The molecule has 8 heteroatoms. The molecule has 1 aromatic heterocycles. The van der Waals surface area contributed by atoms with E-state index in [1.165, 1.54) is 0 Å². The largest absolute Gasteiger partial charge is 0.437 e. The monoisotopic (exact) mass is 402 g/mol. The number of nitrogens with zero attached hydrogens (tertiary/aromatic N) is 3. The molecule has 1 aliphatic heterocycles. The van der Waals surface area contributed by atoms with Gasteiger partial charge in [0.1, 0.15) is 17.1 Å². The molecule has 29 heavy (non-hydrogen) atoms. The number of imide groups is 1. The van der Waals surface area contributed by atoms with Crippen LogP contribution in [0, 0.1) is 11.3 Å². The molecule has 1 unspecified atom stereocenters. The maximum absolute atomic E-state index is 12.1. The molecule has 2 aliphatic rings. The maximum Gasteiger partial charge on any atom is 0.286 e. The predicted octanol–water partition coefficient (Wildman–Crippen LogP) is 3.68. The number of nitrogens with one attached hydrogen (secondary N) is 1. The van der Waals surface area contributed by atoms with Crippen LogP contribution in [-0.2, 0) is 11.2 Å². The topological polar surface area (TPSA) is 105 Å². The van der Waals surface area contributed by atoms with E-state index in [0.29, 0.717) is 17.0 Å². The first kappa shape index (κ1) is 17.6. The lowest BCUT2D eigenvalue weighted by Gasteiger charge is -2.16. The second-order valence-electron chi connectivity index (χ2n) is 6.93. The van der Waals surface area contributed by atoms with Gasteiger partial charge in [-0.3, -0.25) is 14.9 Å². The highest BCUT2D eigenvalue weighted by molar-refractivity contribution is 8.15. The number of aromatic nitrogens is 2. The van der Waals surface area contributed by atoms with Gasteiger partial charge in [0, 0.05) is 16.7 Å². The molecule has 0 spiro atoms. The van der Waals surface area contributed by atoms with Gasteiger partial charge in [0.2, 0.25) is 11.8 Å². The summed E-state index contributed by atoms with van der Waals surface area (Å²) < 4.78 is 5.99. The van der Waals surface area contributed by atoms with Gasteiger partial charge in [-0.05, 0) is 42.2 Å². The van der Waals surface area contributed by atoms with Gasteiger partial charge in [0.15, 0.2) is 5.69 Å². The molecule has 2 atom stereocenters. The molecular formula is C21H14N4O3S. The van der Waals surface area contributed by atoms with E-state index in [1.807, 2.05) is 48.5 Å². The number of amides is 2. The highest BCUT2D eigenvalue weighted by Crippen LogP contribution is 2.43. The molecule has 7 nitrogen and oxygen atoms in total. The van der Waals surface area contributed by atoms with Crippen LogP contribution in [0.4, 0.5) is 4.79 Å². The predicted molar refractivity (Wildman–Crippen MR) is 107 cm³/mol. The van der Waals surface area contributed by atoms with Crippen molar-refractivity contribution in [1.29, 1.82) is 5.26 Å². The molecule has 2 amide bonds. The van der Waals surface area contributed by atoms with E-state index in [-0.39, 0.29) is 28.0 Å². The van der Waals surface area contributed by atoms with Crippen LogP contribution in [0.1, 0.15) is 29.2 Å². The summed E-state index contributed by atoms with van der Waals surface area (Å²) >= 11 is 1.07. The van der Waals surface area contributed by atoms with E-state index in [2.05, 4.69) is 15.5 Å². The summed E-state index contributed by atoms with van der Waals surface area (Å²) in [5, 5.41) is 20.4. The van der Waals surface area contributed by atoms with E-state index >= 15 is 0 Å². The van der Waals surface area contributed by atoms with Crippen molar-refractivity contribution in [2.24, 2.45) is 0 Å². The molecule has 0 saturated carbocycles. The average Bonchev–Trinajstić information content (AvgIpc) is 3.29. The van der Waals surface area contributed by atoms with Gasteiger partial charge in [0.25, 0.3) is 5.24 Å². The molecule has 0 radical (unpaired) electrons. The Labute approximate surface area is 170 Å². The number of rotatable bonds is 3. The number of thioether (sulfide) groups is 1. The minimum Gasteiger partial charge on any atom is -0.437 e. The number of aryl methyl sites for hydroxylation is 1. The van der Waals surface area contributed by atoms with Crippen LogP contribution in [0.3, 0.4) is 0 Å². The summed E-state index contributed by atoms with van der Waals surface area (Å²) in [7, 11) is 0. The second-order valence-corrected chi connectivity index (χ2v) is 8.05. The average molecular weight is 402 g/mol. The fourth-order valence-corrected chi connectivity index (χ4v) is 4.99. The summed E-state index contributed by atoms with van der Waals surface area (Å²) in [4.78, 5) is 23.6. The first-order valence-corrected chi connectivity index (χ1v) is 9.99. The smallest absolute Gasteiger partial charge is 0.286 e. The summed E-state index contributed by atoms with van der Waals surface area (Å²) in [6, 6.07) is 15.1. The molecule has 3 aromatic rings. The zero-order valence-corrected chi connectivity index (χ0v) is 15.9. The number of benzene rings is 2. The Bertz CT molecular complexity index is 1220. The lowest BCUT2D eigenvalue weighted by Crippen LogP contribution is -2.27. The molecule has 0 bridgehead atoms. The van der Waals surface area contributed by atoms with Crippen molar-refractivity contribution in [3.63, 3.8) is 0 Å². The first-order valence-electron chi connectivity index (χ1n) is 9.12. The minimum absolute atomic E-state index is 0.0195. The number of ether oxygens (including phenoxy) is 1. The van der Waals surface area contributed by atoms with Crippen LogP contribution in [-0.4, -0.2) is 26.6 Å². The Morgan fingerprint density at radius 2 is 1.97 bits per heavy atom. The van der Waals surface area contributed by atoms with Crippen LogP contribution in [0.25, 0.3) is 10.8 Å². The van der Waals surface area contributed by atoms with Crippen LogP contribution in [0.15, 0.2) is 42.5 Å². The highest BCUT2D eigenvalue weighted by Gasteiger charge is 2.41. The SMILES string of the molecule is N#Cc1nnc(Oc2ccc3c(c2)CC[C@H]3C2SC(=O)NC2=O)c2ccccc12. The Hall–Kier alpha value is -3.44.